The first-order chi connectivity index (χ1) is 16.8. The lowest BCUT2D eigenvalue weighted by molar-refractivity contribution is 0.0832. The molecule has 0 bridgehead atoms. The molecular weight excluding hydrogens is 466 g/mol. The normalized spacial score (nSPS) is 16.0. The molecule has 2 atom stereocenters. The van der Waals surface area contributed by atoms with Gasteiger partial charge in [-0.25, -0.2) is 0 Å². The summed E-state index contributed by atoms with van der Waals surface area (Å²) in [6.45, 7) is 2.79. The molecule has 1 amide bonds. The Labute approximate surface area is 205 Å². The van der Waals surface area contributed by atoms with Crippen LogP contribution >= 0.6 is 0 Å². The average molecular weight is 496 g/mol. The molecule has 0 unspecified atom stereocenters. The third kappa shape index (κ3) is 5.68. The van der Waals surface area contributed by atoms with Gasteiger partial charge in [-0.05, 0) is 36.1 Å². The number of aliphatic hydroxyl groups excluding tert-OH is 1. The fourth-order valence-electron chi connectivity index (χ4n) is 4.35. The number of benzene rings is 2. The molecule has 1 aliphatic heterocycles. The van der Waals surface area contributed by atoms with Crippen LogP contribution in [0.2, 0.25) is 0 Å². The largest absolute Gasteiger partial charge is 0.390 e. The molecule has 3 N–H and O–H groups in total. The second-order valence-corrected chi connectivity index (χ2v) is 10.3. The minimum Gasteiger partial charge on any atom is -0.390 e. The van der Waals surface area contributed by atoms with Crippen LogP contribution in [-0.2, 0) is 29.5 Å². The summed E-state index contributed by atoms with van der Waals surface area (Å²) < 4.78 is 31.9. The lowest BCUT2D eigenvalue weighted by Gasteiger charge is -2.25. The van der Waals surface area contributed by atoms with Gasteiger partial charge in [0.1, 0.15) is 5.75 Å². The molecule has 1 aliphatic rings. The summed E-state index contributed by atoms with van der Waals surface area (Å²) in [6, 6.07) is 12.2. The summed E-state index contributed by atoms with van der Waals surface area (Å²) in [4.78, 5) is 13.4. The molecule has 0 radical (unpaired) electrons. The van der Waals surface area contributed by atoms with E-state index in [2.05, 4.69) is 16.6 Å². The molecule has 2 aromatic carbocycles. The minimum atomic E-state index is -3.77. The molecule has 9 heteroatoms. The number of hydrogen-bond donors (Lipinski definition) is 3. The zero-order valence-corrected chi connectivity index (χ0v) is 20.3. The van der Waals surface area contributed by atoms with Crippen molar-refractivity contribution in [3.05, 3.63) is 65.4 Å². The van der Waals surface area contributed by atoms with Gasteiger partial charge in [0.15, 0.2) is 5.75 Å². The van der Waals surface area contributed by atoms with Crippen LogP contribution in [0.5, 0.6) is 5.75 Å². The predicted octanol–water partition coefficient (Wildman–Crippen LogP) is 1.85. The van der Waals surface area contributed by atoms with E-state index in [-0.39, 0.29) is 30.2 Å². The third-order valence-corrected chi connectivity index (χ3v) is 7.24. The van der Waals surface area contributed by atoms with Crippen molar-refractivity contribution in [2.45, 2.75) is 38.5 Å². The van der Waals surface area contributed by atoms with Crippen LogP contribution in [0.4, 0.5) is 0 Å². The fraction of sp³-hybridized carbons (Fsp3) is 0.346. The maximum Gasteiger partial charge on any atom is 0.311 e. The van der Waals surface area contributed by atoms with E-state index in [9.17, 15) is 18.3 Å². The summed E-state index contributed by atoms with van der Waals surface area (Å²) in [5.74, 6) is 2.03. The highest BCUT2D eigenvalue weighted by Crippen LogP contribution is 2.35. The second-order valence-electron chi connectivity index (χ2n) is 8.59. The Balaban J connectivity index is 1.66. The highest BCUT2D eigenvalue weighted by atomic mass is 32.2. The quantitative estimate of drug-likeness (QED) is 0.238. The van der Waals surface area contributed by atoms with Gasteiger partial charge in [-0.2, -0.15) is 8.42 Å². The topological polar surface area (TPSA) is 110 Å². The Morgan fingerprint density at radius 2 is 2.06 bits per heavy atom. The van der Waals surface area contributed by atoms with Crippen molar-refractivity contribution < 1.29 is 22.5 Å². The first-order valence-electron chi connectivity index (χ1n) is 11.6. The summed E-state index contributed by atoms with van der Waals surface area (Å²) in [6.07, 6.45) is 7.42. The molecule has 0 saturated heterocycles. The summed E-state index contributed by atoms with van der Waals surface area (Å²) in [5.41, 5.74) is 2.88. The molecule has 35 heavy (non-hydrogen) atoms. The smallest absolute Gasteiger partial charge is 0.311 e. The van der Waals surface area contributed by atoms with Crippen LogP contribution in [0, 0.1) is 12.3 Å². The standard InChI is InChI=1S/C26H29N3O5S/c1-3-10-27-16-23(30)22(13-18-8-6-5-7-9-18)28-26(31)20-14-21-19(4-2)17-29-11-12-35(32,33)34-24(15-20)25(21)29/h1,5-9,14-15,17,22-23,27,30H,4,10-13,16H2,2H3,(H,28,31)/t22-,23+/m0/s1. The summed E-state index contributed by atoms with van der Waals surface area (Å²) >= 11 is 0. The van der Waals surface area contributed by atoms with Crippen LogP contribution in [0.1, 0.15) is 28.4 Å². The van der Waals surface area contributed by atoms with Crippen molar-refractivity contribution in [3.63, 3.8) is 0 Å². The van der Waals surface area contributed by atoms with Crippen LogP contribution in [0.25, 0.3) is 10.9 Å². The fourth-order valence-corrected chi connectivity index (χ4v) is 5.25. The van der Waals surface area contributed by atoms with Crippen LogP contribution in [0.3, 0.4) is 0 Å². The summed E-state index contributed by atoms with van der Waals surface area (Å²) in [5, 5.41) is 17.5. The molecular formula is C26H29N3O5S. The molecule has 0 aliphatic carbocycles. The minimum absolute atomic E-state index is 0.140. The number of nitrogens with zero attached hydrogens (tertiary/aromatic N) is 1. The maximum atomic E-state index is 13.4. The summed E-state index contributed by atoms with van der Waals surface area (Å²) in [7, 11) is -3.77. The number of aryl methyl sites for hydroxylation is 2. The Morgan fingerprint density at radius 3 is 2.77 bits per heavy atom. The first-order valence-corrected chi connectivity index (χ1v) is 13.1. The van der Waals surface area contributed by atoms with Gasteiger partial charge in [0, 0.05) is 30.2 Å². The lowest BCUT2D eigenvalue weighted by atomic mass is 10.00. The van der Waals surface area contributed by atoms with E-state index >= 15 is 0 Å². The Bertz CT molecular complexity index is 1360. The van der Waals surface area contributed by atoms with Gasteiger partial charge < -0.3 is 24.5 Å². The molecule has 184 valence electrons. The third-order valence-electron chi connectivity index (χ3n) is 6.12. The molecule has 0 saturated carbocycles. The van der Waals surface area contributed by atoms with E-state index < -0.39 is 28.2 Å². The van der Waals surface area contributed by atoms with Crippen molar-refractivity contribution in [2.24, 2.45) is 0 Å². The van der Waals surface area contributed by atoms with Gasteiger partial charge in [-0.3, -0.25) is 4.79 Å². The SMILES string of the molecule is C#CCNC[C@@H](O)[C@H](Cc1ccccc1)NC(=O)c1cc2c3c(c1)c(CC)cn3CCS(=O)(=O)O2. The van der Waals surface area contributed by atoms with E-state index in [4.69, 9.17) is 10.6 Å². The Morgan fingerprint density at radius 1 is 1.29 bits per heavy atom. The van der Waals surface area contributed by atoms with Crippen molar-refractivity contribution in [3.8, 4) is 18.1 Å². The first kappa shape index (κ1) is 24.8. The average Bonchev–Trinajstić information content (AvgIpc) is 3.14. The number of rotatable bonds is 9. The number of amides is 1. The molecule has 2 heterocycles. The Hall–Kier alpha value is -3.32. The van der Waals surface area contributed by atoms with Gasteiger partial charge in [0.05, 0.1) is 24.2 Å². The van der Waals surface area contributed by atoms with Gasteiger partial charge in [0.25, 0.3) is 5.91 Å². The van der Waals surface area contributed by atoms with Crippen LogP contribution in [0.15, 0.2) is 48.7 Å². The molecule has 1 aromatic heterocycles. The number of aromatic nitrogens is 1. The Kier molecular flexibility index (Phi) is 7.45. The maximum absolute atomic E-state index is 13.4. The number of nitrogens with one attached hydrogen (secondary N) is 2. The molecule has 3 aromatic rings. The zero-order chi connectivity index (χ0) is 25.0. The van der Waals surface area contributed by atoms with E-state index in [0.29, 0.717) is 18.5 Å². The molecule has 4 rings (SSSR count). The predicted molar refractivity (Wildman–Crippen MR) is 135 cm³/mol. The zero-order valence-electron chi connectivity index (χ0n) is 19.5. The molecule has 0 fully saturated rings. The lowest BCUT2D eigenvalue weighted by Crippen LogP contribution is -2.48. The van der Waals surface area contributed by atoms with E-state index in [1.807, 2.05) is 48.0 Å². The highest BCUT2D eigenvalue weighted by Gasteiger charge is 2.27. The van der Waals surface area contributed by atoms with Gasteiger partial charge in [-0.1, -0.05) is 43.2 Å². The van der Waals surface area contributed by atoms with Crippen molar-refractivity contribution in [1.29, 1.82) is 0 Å². The van der Waals surface area contributed by atoms with Gasteiger partial charge in [-0.15, -0.1) is 6.42 Å². The number of carbonyl (C=O) groups excluding carboxylic acids is 1. The monoisotopic (exact) mass is 495 g/mol. The van der Waals surface area contributed by atoms with Crippen LogP contribution in [-0.4, -0.2) is 55.0 Å². The van der Waals surface area contributed by atoms with Crippen LogP contribution < -0.4 is 14.8 Å². The van der Waals surface area contributed by atoms with E-state index in [0.717, 1.165) is 22.9 Å². The van der Waals surface area contributed by atoms with Crippen molar-refractivity contribution in [2.75, 3.05) is 18.8 Å². The van der Waals surface area contributed by atoms with E-state index in [1.165, 1.54) is 6.07 Å². The van der Waals surface area contributed by atoms with Crippen molar-refractivity contribution in [1.82, 2.24) is 15.2 Å². The highest BCUT2D eigenvalue weighted by molar-refractivity contribution is 7.87. The second kappa shape index (κ2) is 10.5. The van der Waals surface area contributed by atoms with Gasteiger partial charge >= 0.3 is 10.1 Å². The number of terminal acetylenes is 1. The number of carbonyl (C=O) groups is 1. The number of hydrogen-bond acceptors (Lipinski definition) is 6. The van der Waals surface area contributed by atoms with Gasteiger partial charge in [0.2, 0.25) is 0 Å². The van der Waals surface area contributed by atoms with Crippen molar-refractivity contribution >= 4 is 26.9 Å². The molecule has 0 spiro atoms. The molecule has 8 nitrogen and oxygen atoms in total. The van der Waals surface area contributed by atoms with E-state index in [1.54, 1.807) is 6.07 Å². The number of aliphatic hydroxyl groups is 1.